The molecule has 0 aliphatic rings. The summed E-state index contributed by atoms with van der Waals surface area (Å²) in [6, 6.07) is 0. The molecule has 36 valence electrons. The number of nitrogens with zero attached hydrogens (tertiary/aromatic N) is 2. The van der Waals surface area contributed by atoms with E-state index in [1.54, 1.807) is 0 Å². The van der Waals surface area contributed by atoms with Crippen LogP contribution in [0, 0.1) is 13.1 Å². The molecule has 0 aromatic carbocycles. The van der Waals surface area contributed by atoms with Gasteiger partial charge in [-0.2, -0.15) is 0 Å². The van der Waals surface area contributed by atoms with Gasteiger partial charge < -0.3 is 0 Å². The fraction of sp³-hybridized carbons (Fsp3) is 0.600. The highest BCUT2D eigenvalue weighted by atomic mass is 14.9. The molecule has 0 radical (unpaired) electrons. The third-order valence-electron chi connectivity index (χ3n) is 0.663. The summed E-state index contributed by atoms with van der Waals surface area (Å²) in [5.74, 6) is 0. The van der Waals surface area contributed by atoms with Crippen LogP contribution in [0.1, 0.15) is 13.3 Å². The quantitative estimate of drug-likeness (QED) is 0.436. The summed E-state index contributed by atoms with van der Waals surface area (Å²) in [4.78, 5) is 6.04. The van der Waals surface area contributed by atoms with E-state index in [9.17, 15) is 0 Å². The third-order valence-corrected chi connectivity index (χ3v) is 0.663. The second-order valence-electron chi connectivity index (χ2n) is 1.15. The molecule has 2 heteroatoms. The maximum absolute atomic E-state index is 6.37. The Morgan fingerprint density at radius 3 is 1.86 bits per heavy atom. The number of rotatable bonds is 1. The molecule has 0 aliphatic heterocycles. The molecule has 0 bridgehead atoms. The minimum absolute atomic E-state index is 0.431. The highest BCUT2D eigenvalue weighted by Crippen LogP contribution is 1.95. The summed E-state index contributed by atoms with van der Waals surface area (Å²) >= 11 is 0. The van der Waals surface area contributed by atoms with Gasteiger partial charge in [-0.05, 0) is 6.92 Å². The summed E-state index contributed by atoms with van der Waals surface area (Å²) < 4.78 is 0. The Morgan fingerprint density at radius 1 is 1.43 bits per heavy atom. The highest BCUT2D eigenvalue weighted by molar-refractivity contribution is 4.84. The monoisotopic (exact) mass is 94.1 g/mol. The Kier molecular flexibility index (Phi) is 2.72. The Balaban J connectivity index is 3.50. The van der Waals surface area contributed by atoms with Gasteiger partial charge in [0.15, 0.2) is 0 Å². The van der Waals surface area contributed by atoms with E-state index in [0.717, 1.165) is 0 Å². The molecule has 0 saturated carbocycles. The summed E-state index contributed by atoms with van der Waals surface area (Å²) in [6.07, 6.45) is 0.215. The van der Waals surface area contributed by atoms with Crippen molar-refractivity contribution in [2.24, 2.45) is 0 Å². The molecule has 0 fully saturated rings. The van der Waals surface area contributed by atoms with Crippen molar-refractivity contribution in [2.75, 3.05) is 0 Å². The zero-order valence-electron chi connectivity index (χ0n) is 4.18. The van der Waals surface area contributed by atoms with Crippen LogP contribution < -0.4 is 0 Å². The Labute approximate surface area is 43.4 Å². The predicted octanol–water partition coefficient (Wildman–Crippen LogP) is 1.56. The fourth-order valence-electron chi connectivity index (χ4n) is 0.211. The van der Waals surface area contributed by atoms with Gasteiger partial charge in [-0.1, -0.05) is 0 Å². The smallest absolute Gasteiger partial charge is 0.233 e. The van der Waals surface area contributed by atoms with E-state index in [4.69, 9.17) is 13.1 Å². The average molecular weight is 94.1 g/mol. The minimum Gasteiger partial charge on any atom is -0.233 e. The van der Waals surface area contributed by atoms with Crippen LogP contribution in [0.15, 0.2) is 0 Å². The van der Waals surface area contributed by atoms with E-state index in [2.05, 4.69) is 9.69 Å². The van der Waals surface area contributed by atoms with E-state index in [1.165, 1.54) is 0 Å². The van der Waals surface area contributed by atoms with Crippen LogP contribution in [-0.4, -0.2) is 6.17 Å². The third kappa shape index (κ3) is 1.78. The molecular weight excluding hydrogens is 88.1 g/mol. The van der Waals surface area contributed by atoms with Crippen molar-refractivity contribution < 1.29 is 0 Å². The zero-order valence-corrected chi connectivity index (χ0v) is 4.18. The zero-order chi connectivity index (χ0) is 5.70. The highest BCUT2D eigenvalue weighted by Gasteiger charge is 2.07. The molecular formula is C5H6N2. The lowest BCUT2D eigenvalue weighted by Gasteiger charge is -1.78. The van der Waals surface area contributed by atoms with E-state index in [-0.39, 0.29) is 0 Å². The van der Waals surface area contributed by atoms with E-state index in [0.29, 0.717) is 6.42 Å². The Morgan fingerprint density at radius 2 is 1.86 bits per heavy atom. The topological polar surface area (TPSA) is 8.72 Å². The van der Waals surface area contributed by atoms with Gasteiger partial charge in [0.2, 0.25) is 0 Å². The van der Waals surface area contributed by atoms with Crippen LogP contribution in [-0.2, 0) is 0 Å². The van der Waals surface area contributed by atoms with Gasteiger partial charge in [-0.25, -0.2) is 22.8 Å². The largest absolute Gasteiger partial charge is 0.474 e. The summed E-state index contributed by atoms with van der Waals surface area (Å²) in [5, 5.41) is 0. The molecule has 0 aromatic rings. The van der Waals surface area contributed by atoms with Crippen molar-refractivity contribution in [3.8, 4) is 0 Å². The maximum Gasteiger partial charge on any atom is 0.474 e. The molecule has 0 N–H and O–H groups in total. The molecule has 0 heterocycles. The second kappa shape index (κ2) is 3.18. The number of hydrogen-bond donors (Lipinski definition) is 0. The molecule has 0 rings (SSSR count). The average Bonchev–Trinajstić information content (AvgIpc) is 1.72. The van der Waals surface area contributed by atoms with Crippen molar-refractivity contribution in [3.05, 3.63) is 22.8 Å². The van der Waals surface area contributed by atoms with Gasteiger partial charge in [0, 0.05) is 0 Å². The fourth-order valence-corrected chi connectivity index (χ4v) is 0.211. The van der Waals surface area contributed by atoms with Gasteiger partial charge in [0.05, 0.1) is 0 Å². The minimum atomic E-state index is -0.431. The van der Waals surface area contributed by atoms with Crippen LogP contribution in [0.2, 0.25) is 0 Å². The maximum atomic E-state index is 6.37. The van der Waals surface area contributed by atoms with Crippen LogP contribution in [0.3, 0.4) is 0 Å². The van der Waals surface area contributed by atoms with Crippen molar-refractivity contribution in [1.29, 1.82) is 0 Å². The molecule has 0 atom stereocenters. The first-order chi connectivity index (χ1) is 3.35. The van der Waals surface area contributed by atoms with Gasteiger partial charge in [0.25, 0.3) is 0 Å². The molecule has 2 nitrogen and oxygen atoms in total. The van der Waals surface area contributed by atoms with Crippen molar-refractivity contribution in [2.45, 2.75) is 19.5 Å². The predicted molar refractivity (Wildman–Crippen MR) is 27.3 cm³/mol. The lowest BCUT2D eigenvalue weighted by Crippen LogP contribution is -1.87. The van der Waals surface area contributed by atoms with E-state index < -0.39 is 6.17 Å². The molecule has 0 aromatic heterocycles. The van der Waals surface area contributed by atoms with Gasteiger partial charge in [-0.3, -0.25) is 0 Å². The molecule has 0 aliphatic carbocycles. The van der Waals surface area contributed by atoms with E-state index >= 15 is 0 Å². The molecule has 0 spiro atoms. The second-order valence-corrected chi connectivity index (χ2v) is 1.15. The Hall–Kier alpha value is -1.02. The molecule has 7 heavy (non-hydrogen) atoms. The standard InChI is InChI=1S/C5H6N2/c1-4-5(6-2)7-3/h5H,4H2,1H3. The van der Waals surface area contributed by atoms with Crippen LogP contribution in [0.5, 0.6) is 0 Å². The normalized spacial score (nSPS) is 7.43. The SMILES string of the molecule is [C-]#[N+]C(CC)[N+]#[C-]. The summed E-state index contributed by atoms with van der Waals surface area (Å²) in [6.45, 7) is 14.6. The van der Waals surface area contributed by atoms with E-state index in [1.807, 2.05) is 6.92 Å². The van der Waals surface area contributed by atoms with Crippen molar-refractivity contribution in [1.82, 2.24) is 0 Å². The van der Waals surface area contributed by atoms with Gasteiger partial charge in [-0.15, -0.1) is 0 Å². The van der Waals surface area contributed by atoms with Gasteiger partial charge in [0.1, 0.15) is 6.42 Å². The first-order valence-corrected chi connectivity index (χ1v) is 2.08. The van der Waals surface area contributed by atoms with Crippen LogP contribution >= 0.6 is 0 Å². The van der Waals surface area contributed by atoms with Crippen molar-refractivity contribution in [3.63, 3.8) is 0 Å². The lowest BCUT2D eigenvalue weighted by molar-refractivity contribution is 0.882. The summed E-state index contributed by atoms with van der Waals surface area (Å²) in [5.41, 5.74) is 0. The first kappa shape index (κ1) is 5.98. The van der Waals surface area contributed by atoms with Crippen LogP contribution in [0.25, 0.3) is 9.69 Å². The molecule has 0 saturated heterocycles. The molecule has 0 amide bonds. The molecule has 0 unspecified atom stereocenters. The van der Waals surface area contributed by atoms with Crippen molar-refractivity contribution >= 4 is 0 Å². The Bertz CT molecular complexity index is 101. The first-order valence-electron chi connectivity index (χ1n) is 2.08. The summed E-state index contributed by atoms with van der Waals surface area (Å²) in [7, 11) is 0. The lowest BCUT2D eigenvalue weighted by atomic mass is 10.4. The van der Waals surface area contributed by atoms with Gasteiger partial charge >= 0.3 is 6.17 Å². The van der Waals surface area contributed by atoms with Crippen LogP contribution in [0.4, 0.5) is 0 Å². The number of hydrogen-bond acceptors (Lipinski definition) is 0.